The van der Waals surface area contributed by atoms with Crippen LogP contribution in [0.3, 0.4) is 0 Å². The zero-order valence-corrected chi connectivity index (χ0v) is 13.2. The Morgan fingerprint density at radius 1 is 1.33 bits per heavy atom. The smallest absolute Gasteiger partial charge is 0.242 e. The molecule has 0 fully saturated rings. The molecule has 0 aliphatic heterocycles. The van der Waals surface area contributed by atoms with Gasteiger partial charge in [-0.2, -0.15) is 0 Å². The number of aryl methyl sites for hydroxylation is 1. The second kappa shape index (κ2) is 6.62. The summed E-state index contributed by atoms with van der Waals surface area (Å²) in [6.07, 6.45) is 0.0451. The third-order valence-corrected chi connectivity index (χ3v) is 3.10. The van der Waals surface area contributed by atoms with E-state index in [0.717, 1.165) is 5.56 Å². The maximum absolute atomic E-state index is 6.29. The Morgan fingerprint density at radius 2 is 2.10 bits per heavy atom. The Morgan fingerprint density at radius 3 is 2.67 bits per heavy atom. The molecular weight excluding hydrogens is 294 g/mol. The molecule has 7 nitrogen and oxygen atoms in total. The van der Waals surface area contributed by atoms with Crippen LogP contribution in [0, 0.1) is 0 Å². The van der Waals surface area contributed by atoms with Crippen LogP contribution in [-0.4, -0.2) is 33.4 Å². The normalized spacial score (nSPS) is 10.8. The molecule has 0 amide bonds. The average molecular weight is 312 g/mol. The molecule has 1 heterocycles. The summed E-state index contributed by atoms with van der Waals surface area (Å²) in [4.78, 5) is 0. The molecule has 114 valence electrons. The fourth-order valence-corrected chi connectivity index (χ4v) is 1.99. The van der Waals surface area contributed by atoms with Gasteiger partial charge in [-0.05, 0) is 35.9 Å². The van der Waals surface area contributed by atoms with E-state index in [1.165, 1.54) is 0 Å². The predicted octanol–water partition coefficient (Wildman–Crippen LogP) is 2.27. The van der Waals surface area contributed by atoms with Crippen molar-refractivity contribution in [2.45, 2.75) is 26.5 Å². The lowest BCUT2D eigenvalue weighted by molar-refractivity contribution is 0.230. The number of halogens is 1. The highest BCUT2D eigenvalue weighted by molar-refractivity contribution is 6.31. The molecule has 0 unspecified atom stereocenters. The highest BCUT2D eigenvalue weighted by Crippen LogP contribution is 2.34. The molecule has 2 rings (SSSR count). The van der Waals surface area contributed by atoms with Gasteiger partial charge in [0.05, 0.1) is 13.2 Å². The lowest BCUT2D eigenvalue weighted by Gasteiger charge is -2.16. The SMILES string of the molecule is COc1cc(CNc2nnnn2C)c(Cl)cc1OC(C)C. The Kier molecular flexibility index (Phi) is 4.85. The summed E-state index contributed by atoms with van der Waals surface area (Å²) in [6, 6.07) is 3.60. The van der Waals surface area contributed by atoms with Crippen LogP contribution < -0.4 is 14.8 Å². The van der Waals surface area contributed by atoms with Crippen molar-refractivity contribution in [1.82, 2.24) is 20.2 Å². The van der Waals surface area contributed by atoms with E-state index in [1.807, 2.05) is 19.9 Å². The van der Waals surface area contributed by atoms with Gasteiger partial charge in [0.15, 0.2) is 11.5 Å². The highest BCUT2D eigenvalue weighted by Gasteiger charge is 2.12. The van der Waals surface area contributed by atoms with Gasteiger partial charge in [0.2, 0.25) is 5.95 Å². The zero-order valence-electron chi connectivity index (χ0n) is 12.4. The van der Waals surface area contributed by atoms with Gasteiger partial charge in [0.25, 0.3) is 0 Å². The molecule has 0 aliphatic carbocycles. The quantitative estimate of drug-likeness (QED) is 0.882. The summed E-state index contributed by atoms with van der Waals surface area (Å²) in [7, 11) is 3.35. The molecule has 2 aromatic rings. The van der Waals surface area contributed by atoms with E-state index in [9.17, 15) is 0 Å². The maximum atomic E-state index is 6.29. The number of aromatic nitrogens is 4. The number of anilines is 1. The lowest BCUT2D eigenvalue weighted by atomic mass is 10.2. The van der Waals surface area contributed by atoms with Crippen molar-refractivity contribution in [2.24, 2.45) is 7.05 Å². The van der Waals surface area contributed by atoms with Crippen LogP contribution in [0.4, 0.5) is 5.95 Å². The average Bonchev–Trinajstić information content (AvgIpc) is 2.83. The van der Waals surface area contributed by atoms with Crippen LogP contribution >= 0.6 is 11.6 Å². The van der Waals surface area contributed by atoms with Crippen LogP contribution in [0.25, 0.3) is 0 Å². The predicted molar refractivity (Wildman–Crippen MR) is 79.9 cm³/mol. The molecule has 0 spiro atoms. The number of benzene rings is 1. The second-order valence-electron chi connectivity index (χ2n) is 4.74. The van der Waals surface area contributed by atoms with Crippen LogP contribution in [-0.2, 0) is 13.6 Å². The Labute approximate surface area is 128 Å². The number of methoxy groups -OCH3 is 1. The molecule has 0 aliphatic rings. The maximum Gasteiger partial charge on any atom is 0.242 e. The number of hydrogen-bond donors (Lipinski definition) is 1. The van der Waals surface area contributed by atoms with Crippen LogP contribution in [0.15, 0.2) is 12.1 Å². The van der Waals surface area contributed by atoms with Gasteiger partial charge in [-0.25, -0.2) is 4.68 Å². The highest BCUT2D eigenvalue weighted by atomic mass is 35.5. The Balaban J connectivity index is 2.18. The molecule has 1 aromatic heterocycles. The van der Waals surface area contributed by atoms with Crippen molar-refractivity contribution in [3.63, 3.8) is 0 Å². The number of nitrogens with zero attached hydrogens (tertiary/aromatic N) is 4. The van der Waals surface area contributed by atoms with Gasteiger partial charge in [-0.1, -0.05) is 16.7 Å². The third kappa shape index (κ3) is 3.75. The van der Waals surface area contributed by atoms with E-state index in [1.54, 1.807) is 24.9 Å². The lowest BCUT2D eigenvalue weighted by Crippen LogP contribution is -2.09. The van der Waals surface area contributed by atoms with Gasteiger partial charge < -0.3 is 14.8 Å². The van der Waals surface area contributed by atoms with Gasteiger partial charge in [-0.3, -0.25) is 0 Å². The molecule has 21 heavy (non-hydrogen) atoms. The second-order valence-corrected chi connectivity index (χ2v) is 5.15. The van der Waals surface area contributed by atoms with Crippen LogP contribution in [0.1, 0.15) is 19.4 Å². The summed E-state index contributed by atoms with van der Waals surface area (Å²) >= 11 is 6.29. The summed E-state index contributed by atoms with van der Waals surface area (Å²) in [6.45, 7) is 4.37. The first-order valence-electron chi connectivity index (χ1n) is 6.50. The number of nitrogens with one attached hydrogen (secondary N) is 1. The van der Waals surface area contributed by atoms with E-state index in [2.05, 4.69) is 20.8 Å². The van der Waals surface area contributed by atoms with E-state index in [-0.39, 0.29) is 6.10 Å². The Hall–Kier alpha value is -2.02. The first kappa shape index (κ1) is 15.4. The third-order valence-electron chi connectivity index (χ3n) is 2.75. The topological polar surface area (TPSA) is 74.1 Å². The fraction of sp³-hybridized carbons (Fsp3) is 0.462. The summed E-state index contributed by atoms with van der Waals surface area (Å²) in [5, 5.41) is 14.9. The van der Waals surface area contributed by atoms with Crippen molar-refractivity contribution in [3.05, 3.63) is 22.7 Å². The first-order valence-corrected chi connectivity index (χ1v) is 6.88. The number of tetrazole rings is 1. The minimum absolute atomic E-state index is 0.0451. The van der Waals surface area contributed by atoms with Gasteiger partial charge >= 0.3 is 0 Å². The van der Waals surface area contributed by atoms with Crippen molar-refractivity contribution in [3.8, 4) is 11.5 Å². The standard InChI is InChI=1S/C13H18ClN5O2/c1-8(2)21-12-6-10(14)9(5-11(12)20-4)7-15-13-16-17-18-19(13)3/h5-6,8H,7H2,1-4H3,(H,15,16,18). The van der Waals surface area contributed by atoms with E-state index in [4.69, 9.17) is 21.1 Å². The monoisotopic (exact) mass is 311 g/mol. The summed E-state index contributed by atoms with van der Waals surface area (Å²) < 4.78 is 12.6. The minimum Gasteiger partial charge on any atom is -0.493 e. The molecule has 0 saturated heterocycles. The molecule has 0 bridgehead atoms. The van der Waals surface area contributed by atoms with E-state index >= 15 is 0 Å². The summed E-state index contributed by atoms with van der Waals surface area (Å²) in [5.74, 6) is 1.83. The van der Waals surface area contributed by atoms with Crippen molar-refractivity contribution < 1.29 is 9.47 Å². The number of rotatable bonds is 6. The first-order chi connectivity index (χ1) is 10.0. The molecule has 0 atom stereocenters. The van der Waals surface area contributed by atoms with Gasteiger partial charge in [0.1, 0.15) is 0 Å². The molecule has 8 heteroatoms. The largest absolute Gasteiger partial charge is 0.493 e. The van der Waals surface area contributed by atoms with Gasteiger partial charge in [0, 0.05) is 24.7 Å². The molecule has 0 radical (unpaired) electrons. The summed E-state index contributed by atoms with van der Waals surface area (Å²) in [5.41, 5.74) is 0.868. The zero-order chi connectivity index (χ0) is 15.4. The Bertz CT molecular complexity index is 615. The molecule has 0 saturated carbocycles. The van der Waals surface area contributed by atoms with E-state index in [0.29, 0.717) is 29.0 Å². The molecule has 1 N–H and O–H groups in total. The van der Waals surface area contributed by atoms with Crippen LogP contribution in [0.2, 0.25) is 5.02 Å². The minimum atomic E-state index is 0.0451. The van der Waals surface area contributed by atoms with Crippen LogP contribution in [0.5, 0.6) is 11.5 Å². The van der Waals surface area contributed by atoms with Gasteiger partial charge in [-0.15, -0.1) is 0 Å². The van der Waals surface area contributed by atoms with Crippen molar-refractivity contribution in [1.29, 1.82) is 0 Å². The molecule has 1 aromatic carbocycles. The van der Waals surface area contributed by atoms with Crippen molar-refractivity contribution >= 4 is 17.5 Å². The fourth-order valence-electron chi connectivity index (χ4n) is 1.77. The van der Waals surface area contributed by atoms with E-state index < -0.39 is 0 Å². The van der Waals surface area contributed by atoms with Crippen molar-refractivity contribution in [2.75, 3.05) is 12.4 Å². The number of ether oxygens (including phenoxy) is 2. The molecular formula is C13H18ClN5O2. The number of hydrogen-bond acceptors (Lipinski definition) is 6.